The Morgan fingerprint density at radius 3 is 2.82 bits per heavy atom. The molecule has 2 rings (SSSR count). The van der Waals surface area contributed by atoms with Gasteiger partial charge in [0.15, 0.2) is 0 Å². The van der Waals surface area contributed by atoms with Crippen LogP contribution in [0.4, 0.5) is 10.1 Å². The van der Waals surface area contributed by atoms with Crippen molar-refractivity contribution in [1.82, 2.24) is 0 Å². The molecular weight excluding hydrogens is 217 g/mol. The Morgan fingerprint density at radius 2 is 2.24 bits per heavy atom. The summed E-state index contributed by atoms with van der Waals surface area (Å²) in [4.78, 5) is 2.17. The molecule has 3 heteroatoms. The van der Waals surface area contributed by atoms with Crippen LogP contribution in [-0.2, 0) is 6.61 Å². The van der Waals surface area contributed by atoms with Crippen LogP contribution in [0.1, 0.15) is 32.3 Å². The summed E-state index contributed by atoms with van der Waals surface area (Å²) in [5, 5.41) is 8.98. The molecule has 17 heavy (non-hydrogen) atoms. The minimum Gasteiger partial charge on any atom is -0.392 e. The van der Waals surface area contributed by atoms with Crippen LogP contribution in [0.15, 0.2) is 18.2 Å². The lowest BCUT2D eigenvalue weighted by atomic mass is 10.0. The molecule has 0 aromatic heterocycles. The van der Waals surface area contributed by atoms with Gasteiger partial charge in [0, 0.05) is 12.6 Å². The maximum absolute atomic E-state index is 14.0. The Hall–Kier alpha value is -1.09. The number of aliphatic hydroxyl groups is 1. The fourth-order valence-electron chi connectivity index (χ4n) is 2.67. The Balaban J connectivity index is 2.27. The third-order valence-corrected chi connectivity index (χ3v) is 3.57. The lowest BCUT2D eigenvalue weighted by molar-refractivity contribution is 0.281. The Bertz CT molecular complexity index is 392. The molecule has 1 fully saturated rings. The van der Waals surface area contributed by atoms with Gasteiger partial charge in [-0.25, -0.2) is 4.39 Å². The molecule has 1 N–H and O–H groups in total. The molecule has 1 atom stereocenters. The zero-order valence-corrected chi connectivity index (χ0v) is 10.5. The second-order valence-electron chi connectivity index (χ2n) is 5.09. The van der Waals surface area contributed by atoms with Crippen molar-refractivity contribution in [3.8, 4) is 0 Å². The summed E-state index contributed by atoms with van der Waals surface area (Å²) in [7, 11) is 0. The van der Waals surface area contributed by atoms with Gasteiger partial charge in [-0.05, 0) is 36.5 Å². The van der Waals surface area contributed by atoms with Crippen LogP contribution in [0, 0.1) is 11.7 Å². The number of nitrogens with zero attached hydrogens (tertiary/aromatic N) is 1. The minimum atomic E-state index is -0.218. The van der Waals surface area contributed by atoms with Crippen LogP contribution in [0.5, 0.6) is 0 Å². The van der Waals surface area contributed by atoms with E-state index in [2.05, 4.69) is 18.7 Å². The first-order chi connectivity index (χ1) is 8.13. The standard InChI is InChI=1S/C14H20FNO/c1-10(2)13-4-3-7-16(13)14-6-5-11(9-17)8-12(14)15/h5-6,8,10,13,17H,3-4,7,9H2,1-2H3. The first-order valence-electron chi connectivity index (χ1n) is 6.29. The van der Waals surface area contributed by atoms with E-state index in [-0.39, 0.29) is 12.4 Å². The summed E-state index contributed by atoms with van der Waals surface area (Å²) in [6.45, 7) is 5.19. The molecule has 1 saturated heterocycles. The lowest BCUT2D eigenvalue weighted by Gasteiger charge is -2.30. The first kappa shape index (κ1) is 12.4. The van der Waals surface area contributed by atoms with Crippen molar-refractivity contribution in [2.24, 2.45) is 5.92 Å². The maximum Gasteiger partial charge on any atom is 0.146 e. The monoisotopic (exact) mass is 237 g/mol. The van der Waals surface area contributed by atoms with Crippen molar-refractivity contribution in [3.05, 3.63) is 29.6 Å². The molecule has 0 spiro atoms. The molecule has 0 amide bonds. The molecule has 0 bridgehead atoms. The number of aliphatic hydroxyl groups excluding tert-OH is 1. The molecular formula is C14H20FNO. The maximum atomic E-state index is 14.0. The third-order valence-electron chi connectivity index (χ3n) is 3.57. The summed E-state index contributed by atoms with van der Waals surface area (Å²) in [6, 6.07) is 5.46. The normalized spacial score (nSPS) is 20.3. The molecule has 0 aliphatic carbocycles. The highest BCUT2D eigenvalue weighted by molar-refractivity contribution is 5.51. The zero-order valence-electron chi connectivity index (χ0n) is 10.5. The second kappa shape index (κ2) is 5.05. The number of hydrogen-bond acceptors (Lipinski definition) is 2. The average Bonchev–Trinajstić information content (AvgIpc) is 2.77. The average molecular weight is 237 g/mol. The van der Waals surface area contributed by atoms with Crippen molar-refractivity contribution in [2.75, 3.05) is 11.4 Å². The van der Waals surface area contributed by atoms with Gasteiger partial charge in [-0.3, -0.25) is 0 Å². The summed E-state index contributed by atoms with van der Waals surface area (Å²) in [6.07, 6.45) is 2.27. The first-order valence-corrected chi connectivity index (χ1v) is 6.29. The van der Waals surface area contributed by atoms with Crippen molar-refractivity contribution in [3.63, 3.8) is 0 Å². The quantitative estimate of drug-likeness (QED) is 0.873. The van der Waals surface area contributed by atoms with Gasteiger partial charge in [0.25, 0.3) is 0 Å². The predicted molar refractivity (Wildman–Crippen MR) is 67.5 cm³/mol. The largest absolute Gasteiger partial charge is 0.392 e. The van der Waals surface area contributed by atoms with E-state index in [1.807, 2.05) is 0 Å². The summed E-state index contributed by atoms with van der Waals surface area (Å²) in [5.41, 5.74) is 1.31. The molecule has 1 heterocycles. The van der Waals surface area contributed by atoms with Crippen molar-refractivity contribution >= 4 is 5.69 Å². The van der Waals surface area contributed by atoms with E-state index in [1.54, 1.807) is 12.1 Å². The molecule has 0 saturated carbocycles. The van der Waals surface area contributed by atoms with E-state index in [1.165, 1.54) is 6.07 Å². The molecule has 2 nitrogen and oxygen atoms in total. The Labute approximate surface area is 102 Å². The summed E-state index contributed by atoms with van der Waals surface area (Å²) >= 11 is 0. The van der Waals surface area contributed by atoms with E-state index >= 15 is 0 Å². The highest BCUT2D eigenvalue weighted by Gasteiger charge is 2.28. The van der Waals surface area contributed by atoms with Crippen LogP contribution in [0.25, 0.3) is 0 Å². The Kier molecular flexibility index (Phi) is 3.67. The van der Waals surface area contributed by atoms with Gasteiger partial charge in [0.05, 0.1) is 12.3 Å². The second-order valence-corrected chi connectivity index (χ2v) is 5.09. The van der Waals surface area contributed by atoms with Crippen molar-refractivity contribution in [2.45, 2.75) is 39.3 Å². The number of anilines is 1. The fraction of sp³-hybridized carbons (Fsp3) is 0.571. The van der Waals surface area contributed by atoms with Gasteiger partial charge in [-0.15, -0.1) is 0 Å². The van der Waals surface area contributed by atoms with Crippen LogP contribution >= 0.6 is 0 Å². The predicted octanol–water partition coefficient (Wildman–Crippen LogP) is 2.94. The van der Waals surface area contributed by atoms with E-state index < -0.39 is 0 Å². The van der Waals surface area contributed by atoms with Crippen LogP contribution in [0.3, 0.4) is 0 Å². The van der Waals surface area contributed by atoms with Crippen LogP contribution in [0.2, 0.25) is 0 Å². The van der Waals surface area contributed by atoms with E-state index in [9.17, 15) is 4.39 Å². The van der Waals surface area contributed by atoms with Gasteiger partial charge in [-0.1, -0.05) is 19.9 Å². The van der Waals surface area contributed by atoms with Crippen LogP contribution < -0.4 is 4.90 Å². The van der Waals surface area contributed by atoms with Crippen molar-refractivity contribution in [1.29, 1.82) is 0 Å². The van der Waals surface area contributed by atoms with Gasteiger partial charge < -0.3 is 10.0 Å². The SMILES string of the molecule is CC(C)C1CCCN1c1ccc(CO)cc1F. The van der Waals surface area contributed by atoms with Gasteiger partial charge in [0.1, 0.15) is 5.82 Å². The van der Waals surface area contributed by atoms with Crippen molar-refractivity contribution < 1.29 is 9.50 Å². The Morgan fingerprint density at radius 1 is 1.47 bits per heavy atom. The summed E-state index contributed by atoms with van der Waals surface area (Å²) < 4.78 is 14.0. The zero-order chi connectivity index (χ0) is 12.4. The molecule has 1 unspecified atom stereocenters. The number of hydrogen-bond donors (Lipinski definition) is 1. The molecule has 1 aliphatic rings. The molecule has 94 valence electrons. The fourth-order valence-corrected chi connectivity index (χ4v) is 2.67. The molecule has 1 aromatic rings. The smallest absolute Gasteiger partial charge is 0.146 e. The number of halogens is 1. The topological polar surface area (TPSA) is 23.5 Å². The van der Waals surface area contributed by atoms with E-state index in [0.29, 0.717) is 23.2 Å². The third kappa shape index (κ3) is 2.44. The van der Waals surface area contributed by atoms with Gasteiger partial charge >= 0.3 is 0 Å². The van der Waals surface area contributed by atoms with E-state index in [4.69, 9.17) is 5.11 Å². The van der Waals surface area contributed by atoms with Gasteiger partial charge in [0.2, 0.25) is 0 Å². The highest BCUT2D eigenvalue weighted by Crippen LogP contribution is 2.31. The highest BCUT2D eigenvalue weighted by atomic mass is 19.1. The van der Waals surface area contributed by atoms with Crippen LogP contribution in [-0.4, -0.2) is 17.7 Å². The summed E-state index contributed by atoms with van der Waals surface area (Å²) in [5.74, 6) is 0.318. The lowest BCUT2D eigenvalue weighted by Crippen LogP contribution is -2.33. The van der Waals surface area contributed by atoms with Gasteiger partial charge in [-0.2, -0.15) is 0 Å². The molecule has 1 aliphatic heterocycles. The molecule has 0 radical (unpaired) electrons. The molecule has 1 aromatic carbocycles. The number of rotatable bonds is 3. The van der Waals surface area contributed by atoms with E-state index in [0.717, 1.165) is 19.4 Å². The minimum absolute atomic E-state index is 0.106. The number of benzene rings is 1.